The highest BCUT2D eigenvalue weighted by Crippen LogP contribution is 2.29. The first kappa shape index (κ1) is 15.7. The van der Waals surface area contributed by atoms with E-state index >= 15 is 0 Å². The lowest BCUT2D eigenvalue weighted by Gasteiger charge is -2.13. The third kappa shape index (κ3) is 3.25. The van der Waals surface area contributed by atoms with Crippen LogP contribution in [0.2, 0.25) is 0 Å². The minimum Gasteiger partial charge on any atom is -0.465 e. The number of anilines is 5. The molecule has 3 rings (SSSR count). The highest BCUT2D eigenvalue weighted by molar-refractivity contribution is 7.13. The summed E-state index contributed by atoms with van der Waals surface area (Å²) >= 11 is 1.43. The van der Waals surface area contributed by atoms with E-state index in [-0.39, 0.29) is 0 Å². The highest BCUT2D eigenvalue weighted by Gasteiger charge is 2.14. The lowest BCUT2D eigenvalue weighted by molar-refractivity contribution is 0.0602. The molecule has 4 N–H and O–H groups in total. The van der Waals surface area contributed by atoms with E-state index in [0.717, 1.165) is 0 Å². The van der Waals surface area contributed by atoms with Gasteiger partial charge in [0.2, 0.25) is 0 Å². The van der Waals surface area contributed by atoms with Crippen molar-refractivity contribution in [1.82, 2.24) is 15.0 Å². The fraction of sp³-hybridized carbons (Fsp3) is 0.0667. The zero-order valence-electron chi connectivity index (χ0n) is 12.7. The van der Waals surface area contributed by atoms with E-state index in [0.29, 0.717) is 33.7 Å². The molecule has 0 saturated heterocycles. The van der Waals surface area contributed by atoms with Crippen LogP contribution in [0.3, 0.4) is 0 Å². The van der Waals surface area contributed by atoms with Gasteiger partial charge in [-0.15, -0.1) is 11.3 Å². The largest absolute Gasteiger partial charge is 0.465 e. The van der Waals surface area contributed by atoms with Gasteiger partial charge in [0.15, 0.2) is 16.8 Å². The molecule has 1 aromatic carbocycles. The van der Waals surface area contributed by atoms with Crippen molar-refractivity contribution in [3.05, 3.63) is 47.7 Å². The quantitative estimate of drug-likeness (QED) is 0.606. The first-order valence-electron chi connectivity index (χ1n) is 6.90. The van der Waals surface area contributed by atoms with Crippen LogP contribution in [0.1, 0.15) is 10.4 Å². The van der Waals surface area contributed by atoms with Crippen LogP contribution in [0.5, 0.6) is 0 Å². The summed E-state index contributed by atoms with van der Waals surface area (Å²) in [5.41, 5.74) is 7.35. The molecule has 8 nitrogen and oxygen atoms in total. The van der Waals surface area contributed by atoms with Gasteiger partial charge in [-0.05, 0) is 12.1 Å². The van der Waals surface area contributed by atoms with Gasteiger partial charge in [-0.2, -0.15) is 0 Å². The smallest absolute Gasteiger partial charge is 0.339 e. The fourth-order valence-corrected chi connectivity index (χ4v) is 2.52. The van der Waals surface area contributed by atoms with Gasteiger partial charge < -0.3 is 21.1 Å². The average molecular weight is 342 g/mol. The van der Waals surface area contributed by atoms with Gasteiger partial charge in [0.05, 0.1) is 18.4 Å². The number of carbonyl (C=O) groups excluding carboxylic acids is 1. The lowest BCUT2D eigenvalue weighted by atomic mass is 10.2. The molecule has 0 unspecified atom stereocenters. The second-order valence-corrected chi connectivity index (χ2v) is 5.50. The van der Waals surface area contributed by atoms with Crippen molar-refractivity contribution in [2.45, 2.75) is 0 Å². The number of ether oxygens (including phenoxy) is 1. The van der Waals surface area contributed by atoms with Crippen LogP contribution in [-0.2, 0) is 4.74 Å². The van der Waals surface area contributed by atoms with Crippen LogP contribution in [0.15, 0.2) is 42.2 Å². The van der Waals surface area contributed by atoms with Gasteiger partial charge in [0.1, 0.15) is 12.0 Å². The van der Waals surface area contributed by atoms with Crippen molar-refractivity contribution in [3.8, 4) is 0 Å². The first-order valence-corrected chi connectivity index (χ1v) is 7.78. The maximum absolute atomic E-state index is 11.8. The summed E-state index contributed by atoms with van der Waals surface area (Å²) in [6.45, 7) is 0. The van der Waals surface area contributed by atoms with Gasteiger partial charge in [0.25, 0.3) is 0 Å². The number of methoxy groups -OCH3 is 1. The molecule has 0 aliphatic rings. The molecule has 24 heavy (non-hydrogen) atoms. The molecule has 0 aliphatic heterocycles. The second kappa shape index (κ2) is 6.92. The van der Waals surface area contributed by atoms with E-state index in [2.05, 4.69) is 25.6 Å². The second-order valence-electron chi connectivity index (χ2n) is 4.61. The number of esters is 1. The number of carbonyl (C=O) groups is 1. The number of rotatable bonds is 5. The molecule has 9 heteroatoms. The molecule has 0 amide bonds. The van der Waals surface area contributed by atoms with Crippen LogP contribution in [0.25, 0.3) is 0 Å². The van der Waals surface area contributed by atoms with E-state index in [9.17, 15) is 4.79 Å². The molecule has 122 valence electrons. The normalized spacial score (nSPS) is 10.2. The van der Waals surface area contributed by atoms with E-state index < -0.39 is 5.97 Å². The van der Waals surface area contributed by atoms with E-state index in [1.54, 1.807) is 30.5 Å². The maximum atomic E-state index is 11.8. The Labute approximate surface area is 141 Å². The van der Waals surface area contributed by atoms with Crippen molar-refractivity contribution < 1.29 is 9.53 Å². The highest BCUT2D eigenvalue weighted by atomic mass is 32.1. The van der Waals surface area contributed by atoms with Crippen LogP contribution in [0, 0.1) is 0 Å². The topological polar surface area (TPSA) is 115 Å². The van der Waals surface area contributed by atoms with Crippen molar-refractivity contribution >= 4 is 45.4 Å². The minimum absolute atomic E-state index is 0.312. The van der Waals surface area contributed by atoms with Gasteiger partial charge in [-0.3, -0.25) is 0 Å². The third-order valence-electron chi connectivity index (χ3n) is 3.13. The van der Waals surface area contributed by atoms with Crippen molar-refractivity contribution in [2.75, 3.05) is 23.5 Å². The molecule has 0 aliphatic carbocycles. The summed E-state index contributed by atoms with van der Waals surface area (Å²) in [7, 11) is 1.33. The Bertz CT molecular complexity index is 853. The average Bonchev–Trinajstić information content (AvgIpc) is 3.11. The number of hydrogen-bond donors (Lipinski definition) is 3. The molecular formula is C15H14N6O2S. The molecule has 0 fully saturated rings. The van der Waals surface area contributed by atoms with Crippen molar-refractivity contribution in [1.29, 1.82) is 0 Å². The molecule has 2 heterocycles. The molecule has 2 aromatic heterocycles. The summed E-state index contributed by atoms with van der Waals surface area (Å²) in [5.74, 6) is 0.352. The number of nitrogens with one attached hydrogen (secondary N) is 2. The van der Waals surface area contributed by atoms with Gasteiger partial charge >= 0.3 is 5.97 Å². The first-order chi connectivity index (χ1) is 11.7. The number of nitrogens with zero attached hydrogens (tertiary/aromatic N) is 3. The monoisotopic (exact) mass is 342 g/mol. The standard InChI is InChI=1S/C15H14N6O2S/c1-23-14(22)9-4-2-3-5-10(9)20-12-11(16)13(19-8-18-12)21-15-17-6-7-24-15/h2-8H,16H2,1H3,(H2,17,18,19,20,21). The summed E-state index contributed by atoms with van der Waals surface area (Å²) in [4.78, 5) is 24.2. The number of hydrogen-bond acceptors (Lipinski definition) is 9. The SMILES string of the molecule is COC(=O)c1ccccc1Nc1ncnc(Nc2nccs2)c1N. The van der Waals surface area contributed by atoms with Crippen molar-refractivity contribution in [2.24, 2.45) is 0 Å². The minimum atomic E-state index is -0.452. The zero-order valence-corrected chi connectivity index (χ0v) is 13.5. The number of aromatic nitrogens is 3. The molecule has 0 saturated carbocycles. The van der Waals surface area contributed by atoms with Crippen LogP contribution >= 0.6 is 11.3 Å². The Kier molecular flexibility index (Phi) is 4.52. The predicted molar refractivity (Wildman–Crippen MR) is 92.9 cm³/mol. The maximum Gasteiger partial charge on any atom is 0.339 e. The zero-order chi connectivity index (χ0) is 16.9. The number of benzene rings is 1. The molecule has 0 radical (unpaired) electrons. The molecule has 3 aromatic rings. The molecule has 0 bridgehead atoms. The molecule has 0 spiro atoms. The summed E-state index contributed by atoms with van der Waals surface area (Å²) in [6, 6.07) is 6.93. The Hall–Kier alpha value is -3.20. The summed E-state index contributed by atoms with van der Waals surface area (Å²) < 4.78 is 4.78. The summed E-state index contributed by atoms with van der Waals surface area (Å²) in [5, 5.41) is 8.58. The Morgan fingerprint density at radius 3 is 2.62 bits per heavy atom. The third-order valence-corrected chi connectivity index (χ3v) is 3.82. The van der Waals surface area contributed by atoms with Crippen LogP contribution in [-0.4, -0.2) is 28.0 Å². The Morgan fingerprint density at radius 1 is 1.17 bits per heavy atom. The molecular weight excluding hydrogens is 328 g/mol. The fourth-order valence-electron chi connectivity index (χ4n) is 1.99. The molecule has 0 atom stereocenters. The number of nitrogens with two attached hydrogens (primary N) is 1. The number of para-hydroxylation sites is 1. The number of nitrogen functional groups attached to an aromatic ring is 1. The van der Waals surface area contributed by atoms with Gasteiger partial charge in [-0.1, -0.05) is 12.1 Å². The van der Waals surface area contributed by atoms with Crippen LogP contribution < -0.4 is 16.4 Å². The Morgan fingerprint density at radius 2 is 1.92 bits per heavy atom. The van der Waals surface area contributed by atoms with E-state index in [4.69, 9.17) is 10.5 Å². The van der Waals surface area contributed by atoms with Gasteiger partial charge in [0, 0.05) is 11.6 Å². The number of thiazole rings is 1. The van der Waals surface area contributed by atoms with Crippen molar-refractivity contribution in [3.63, 3.8) is 0 Å². The van der Waals surface area contributed by atoms with Crippen LogP contribution in [0.4, 0.5) is 28.1 Å². The predicted octanol–water partition coefficient (Wildman–Crippen LogP) is 2.79. The Balaban J connectivity index is 1.90. The van der Waals surface area contributed by atoms with E-state index in [1.807, 2.05) is 5.38 Å². The lowest BCUT2D eigenvalue weighted by Crippen LogP contribution is -2.08. The van der Waals surface area contributed by atoms with E-state index in [1.165, 1.54) is 24.8 Å². The summed E-state index contributed by atoms with van der Waals surface area (Å²) in [6.07, 6.45) is 3.05. The van der Waals surface area contributed by atoms with Gasteiger partial charge in [-0.25, -0.2) is 19.7 Å².